The van der Waals surface area contributed by atoms with Crippen LogP contribution in [0.15, 0.2) is 121 Å². The molecule has 0 saturated carbocycles. The number of aryl methyl sites for hydroxylation is 2. The van der Waals surface area contributed by atoms with E-state index in [0.717, 1.165) is 38.4 Å². The summed E-state index contributed by atoms with van der Waals surface area (Å²) in [6.07, 6.45) is 1.64. The number of carbonyl (C=O) groups excluding carboxylic acids is 4. The molecule has 4 amide bonds. The second-order valence-corrected chi connectivity index (χ2v) is 25.8. The van der Waals surface area contributed by atoms with Gasteiger partial charge in [0.25, 0.3) is 23.6 Å². The maximum atomic E-state index is 16.7. The second kappa shape index (κ2) is 21.0. The number of anilines is 6. The third-order valence-electron chi connectivity index (χ3n) is 16.1. The van der Waals surface area contributed by atoms with E-state index in [2.05, 4.69) is 15.5 Å². The first kappa shape index (κ1) is 53.2. The average molecular weight is 1160 g/mol. The fourth-order valence-corrected chi connectivity index (χ4v) is 15.9. The molecule has 0 aliphatic carbocycles. The van der Waals surface area contributed by atoms with Crippen molar-refractivity contribution in [2.75, 3.05) is 74.5 Å². The van der Waals surface area contributed by atoms with Crippen LogP contribution in [0.25, 0.3) is 32.0 Å². The predicted octanol–water partition coefficient (Wildman–Crippen LogP) is 11.0. The van der Waals surface area contributed by atoms with Crippen molar-refractivity contribution in [3.8, 4) is 32.0 Å². The number of carbonyl (C=O) groups is 4. The number of hydrogen-bond donors (Lipinski definition) is 2. The highest BCUT2D eigenvalue weighted by atomic mass is 32.2. The lowest BCUT2D eigenvalue weighted by Crippen LogP contribution is -2.47. The quantitative estimate of drug-likeness (QED) is 0.141. The molecular weight excluding hydrogens is 1100 g/mol. The zero-order valence-corrected chi connectivity index (χ0v) is 47.3. The first-order valence-corrected chi connectivity index (χ1v) is 30.6. The first-order valence-electron chi connectivity index (χ1n) is 27.2. The molecule has 82 heavy (non-hydrogen) atoms. The van der Waals surface area contributed by atoms with Crippen molar-refractivity contribution < 1.29 is 41.1 Å². The Bertz CT molecular complexity index is 4050. The molecule has 15 nitrogen and oxygen atoms in total. The Hall–Kier alpha value is -8.17. The van der Waals surface area contributed by atoms with Crippen LogP contribution in [-0.2, 0) is 27.4 Å². The van der Waals surface area contributed by atoms with Crippen LogP contribution in [0.5, 0.6) is 0 Å². The number of para-hydroxylation sites is 3. The first-order chi connectivity index (χ1) is 39.5. The van der Waals surface area contributed by atoms with E-state index >= 15 is 4.39 Å². The van der Waals surface area contributed by atoms with Crippen molar-refractivity contribution in [3.63, 3.8) is 0 Å². The standard InChI is InChI=1S/C62H54F2N8O7S3/c1-34-10-8-13-45(63)54(34)67-59(73)51-28-38-21-23-71(50-16-7-5-12-44(50)57(38)80-51)62(76)48-19-18-42(58(66-48)72-31-41-30-40(72)32-79-41)39-26-35(2)55(46(64)27-39)68-60(74)52-29-37-20-22-70(49-15-6-4-11-43(49)56(37)81-52)61(75)47-14-9-17-53(65-47)69-24-25-82(77,78)33-36(69)3/h4-19,26-29,36,40-41H,20-25,30-33H2,1-3H3,(H,67,73)(H,68,74)/t36?,40-,41-/m0/s1. The summed E-state index contributed by atoms with van der Waals surface area (Å²) in [5.74, 6) is -1.60. The van der Waals surface area contributed by atoms with Gasteiger partial charge in [0.15, 0.2) is 9.84 Å². The van der Waals surface area contributed by atoms with Crippen molar-refractivity contribution in [1.29, 1.82) is 0 Å². The largest absolute Gasteiger partial charge is 0.374 e. The van der Waals surface area contributed by atoms with Crippen LogP contribution in [0.4, 0.5) is 43.2 Å². The van der Waals surface area contributed by atoms with Gasteiger partial charge in [-0.3, -0.25) is 19.2 Å². The monoisotopic (exact) mass is 1160 g/mol. The van der Waals surface area contributed by atoms with Gasteiger partial charge in [0.1, 0.15) is 34.7 Å². The van der Waals surface area contributed by atoms with Crippen molar-refractivity contribution in [2.45, 2.75) is 58.2 Å². The molecule has 13 rings (SSSR count). The summed E-state index contributed by atoms with van der Waals surface area (Å²) in [4.78, 5) is 76.7. The Balaban J connectivity index is 0.748. The third-order valence-corrected chi connectivity index (χ3v) is 20.3. The van der Waals surface area contributed by atoms with Crippen LogP contribution in [0.2, 0.25) is 0 Å². The molecule has 0 spiro atoms. The molecule has 0 radical (unpaired) electrons. The topological polar surface area (TPSA) is 174 Å². The van der Waals surface area contributed by atoms with Gasteiger partial charge in [-0.05, 0) is 135 Å². The van der Waals surface area contributed by atoms with Crippen LogP contribution < -0.4 is 30.2 Å². The van der Waals surface area contributed by atoms with E-state index in [9.17, 15) is 32.0 Å². The molecular formula is C62H54F2N8O7S3. The number of aromatic nitrogens is 2. The van der Waals surface area contributed by atoms with Crippen LogP contribution in [0.1, 0.15) is 75.9 Å². The molecule has 416 valence electrons. The molecule has 20 heteroatoms. The second-order valence-electron chi connectivity index (χ2n) is 21.5. The minimum atomic E-state index is -3.15. The molecule has 2 bridgehead atoms. The number of morpholine rings is 1. The van der Waals surface area contributed by atoms with Gasteiger partial charge in [0.2, 0.25) is 0 Å². The number of hydrogen-bond acceptors (Lipinski definition) is 13. The van der Waals surface area contributed by atoms with Crippen LogP contribution in [-0.4, -0.2) is 104 Å². The number of sulfone groups is 1. The fraction of sp³-hybridized carbons (Fsp3) is 0.258. The summed E-state index contributed by atoms with van der Waals surface area (Å²) in [5, 5.41) is 5.62. The van der Waals surface area contributed by atoms with Crippen LogP contribution in [0.3, 0.4) is 0 Å². The molecule has 4 aromatic heterocycles. The molecule has 4 aromatic carbocycles. The van der Waals surface area contributed by atoms with Gasteiger partial charge in [-0.25, -0.2) is 27.2 Å². The zero-order chi connectivity index (χ0) is 56.7. The average Bonchev–Trinajstić information content (AvgIpc) is 4.08. The number of rotatable bonds is 9. The van der Waals surface area contributed by atoms with E-state index in [-0.39, 0.29) is 70.8 Å². The number of halogens is 2. The van der Waals surface area contributed by atoms with Crippen molar-refractivity contribution in [1.82, 2.24) is 9.97 Å². The maximum absolute atomic E-state index is 16.7. The number of thiophene rings is 2. The molecule has 2 N–H and O–H groups in total. The highest BCUT2D eigenvalue weighted by molar-refractivity contribution is 7.91. The maximum Gasteiger partial charge on any atom is 0.276 e. The minimum Gasteiger partial charge on any atom is -0.374 e. The number of amides is 4. The molecule has 8 aromatic rings. The van der Waals surface area contributed by atoms with E-state index in [0.29, 0.717) is 94.1 Å². The number of nitrogens with zero attached hydrogens (tertiary/aromatic N) is 6. The van der Waals surface area contributed by atoms with E-state index in [4.69, 9.17) is 14.7 Å². The molecule has 5 aliphatic heterocycles. The predicted molar refractivity (Wildman–Crippen MR) is 317 cm³/mol. The summed E-state index contributed by atoms with van der Waals surface area (Å²) >= 11 is 2.57. The van der Waals surface area contributed by atoms with Gasteiger partial charge < -0.3 is 35.0 Å². The van der Waals surface area contributed by atoms with Crippen LogP contribution >= 0.6 is 22.7 Å². The number of nitrogens with one attached hydrogen (secondary N) is 2. The molecule has 1 unspecified atom stereocenters. The molecule has 9 heterocycles. The summed E-state index contributed by atoms with van der Waals surface area (Å²) in [6, 6.07) is 34.9. The smallest absolute Gasteiger partial charge is 0.276 e. The Kier molecular flexibility index (Phi) is 13.6. The van der Waals surface area contributed by atoms with Gasteiger partial charge in [-0.15, -0.1) is 22.7 Å². The highest BCUT2D eigenvalue weighted by Crippen LogP contribution is 2.45. The van der Waals surface area contributed by atoms with Crippen LogP contribution in [0, 0.1) is 25.5 Å². The van der Waals surface area contributed by atoms with Crippen molar-refractivity contribution in [3.05, 3.63) is 176 Å². The van der Waals surface area contributed by atoms with Gasteiger partial charge in [0.05, 0.1) is 62.8 Å². The summed E-state index contributed by atoms with van der Waals surface area (Å²) in [7, 11) is -3.15. The number of benzene rings is 4. The lowest BCUT2D eigenvalue weighted by atomic mass is 10.0. The van der Waals surface area contributed by atoms with Gasteiger partial charge >= 0.3 is 0 Å². The van der Waals surface area contributed by atoms with E-state index in [1.54, 1.807) is 66.1 Å². The number of pyridine rings is 2. The lowest BCUT2D eigenvalue weighted by Gasteiger charge is -2.34. The minimum absolute atomic E-state index is 0.0000608. The third kappa shape index (κ3) is 9.69. The van der Waals surface area contributed by atoms with Gasteiger partial charge in [-0.2, -0.15) is 0 Å². The Morgan fingerprint density at radius 3 is 1.84 bits per heavy atom. The molecule has 3 atom stereocenters. The molecule has 5 aliphatic rings. The zero-order valence-electron chi connectivity index (χ0n) is 44.9. The van der Waals surface area contributed by atoms with E-state index in [1.807, 2.05) is 78.6 Å². The Labute approximate surface area is 480 Å². The normalized spacial score (nSPS) is 18.7. The molecule has 3 saturated heterocycles. The molecule has 3 fully saturated rings. The van der Waals surface area contributed by atoms with Gasteiger partial charge in [-0.1, -0.05) is 54.6 Å². The SMILES string of the molecule is Cc1cc(-c2ccc(C(=O)N3CCc4cc(C(=O)Nc5c(C)cccc5F)sc4-c4ccccc43)nc2N2C[C@@H]3C[C@H]2CO3)cc(F)c1NC(=O)c1cc2c(s1)-c1ccccc1N(C(=O)c1cccc(N3CCS(=O)(=O)CC3C)n1)CC2. The number of ether oxygens (including phenoxy) is 1. The Morgan fingerprint density at radius 1 is 0.646 bits per heavy atom. The summed E-state index contributed by atoms with van der Waals surface area (Å²) in [5.41, 5.74) is 7.44. The van der Waals surface area contributed by atoms with Crippen molar-refractivity contribution in [2.24, 2.45) is 0 Å². The summed E-state index contributed by atoms with van der Waals surface area (Å²) < 4.78 is 62.0. The van der Waals surface area contributed by atoms with Crippen molar-refractivity contribution >= 4 is 90.5 Å². The fourth-order valence-electron chi connectivity index (χ4n) is 12.0. The lowest BCUT2D eigenvalue weighted by molar-refractivity contribution is 0.0973. The number of fused-ring (bicyclic) bond motifs is 8. The summed E-state index contributed by atoms with van der Waals surface area (Å²) in [6.45, 7) is 7.22. The highest BCUT2D eigenvalue weighted by Gasteiger charge is 2.41. The Morgan fingerprint density at radius 2 is 1.26 bits per heavy atom. The van der Waals surface area contributed by atoms with E-state index < -0.39 is 33.3 Å². The van der Waals surface area contributed by atoms with Gasteiger partial charge in [0, 0.05) is 58.7 Å². The van der Waals surface area contributed by atoms with E-state index in [1.165, 1.54) is 34.8 Å².